The molecule has 1 aliphatic heterocycles. The van der Waals surface area contributed by atoms with Crippen LogP contribution in [-0.4, -0.2) is 22.1 Å². The van der Waals surface area contributed by atoms with E-state index in [9.17, 15) is 9.59 Å². The number of benzene rings is 2. The molecule has 0 aromatic heterocycles. The van der Waals surface area contributed by atoms with Crippen LogP contribution in [0, 0.1) is 10.5 Å². The van der Waals surface area contributed by atoms with Gasteiger partial charge < -0.3 is 4.74 Å². The number of carbonyl (C=O) groups excluding carboxylic acids is 2. The third kappa shape index (κ3) is 4.73. The summed E-state index contributed by atoms with van der Waals surface area (Å²) in [5.41, 5.74) is 3.21. The smallest absolute Gasteiger partial charge is 0.293 e. The molecular weight excluding hydrogens is 473 g/mol. The van der Waals surface area contributed by atoms with Gasteiger partial charge in [-0.3, -0.25) is 14.5 Å². The standard InChI is InChI=1S/C21H20INO3S/c1-13(2)23-20(24)19(27-21(23)25)11-16-8-9-18(17(22)10-16)26-12-15-6-4-14(3)5-7-15/h4-11,13H,12H2,1-3H3/b19-11+. The largest absolute Gasteiger partial charge is 0.488 e. The topological polar surface area (TPSA) is 46.6 Å². The van der Waals surface area contributed by atoms with Crippen molar-refractivity contribution in [3.63, 3.8) is 0 Å². The molecule has 1 heterocycles. The second-order valence-electron chi connectivity index (χ2n) is 6.61. The zero-order valence-electron chi connectivity index (χ0n) is 15.4. The monoisotopic (exact) mass is 493 g/mol. The molecule has 4 nitrogen and oxygen atoms in total. The molecular formula is C21H20INO3S. The summed E-state index contributed by atoms with van der Waals surface area (Å²) in [4.78, 5) is 26.1. The summed E-state index contributed by atoms with van der Waals surface area (Å²) < 4.78 is 6.87. The lowest BCUT2D eigenvalue weighted by Gasteiger charge is -2.16. The molecule has 1 aliphatic rings. The molecule has 0 aliphatic carbocycles. The van der Waals surface area contributed by atoms with Crippen LogP contribution in [0.3, 0.4) is 0 Å². The first-order valence-corrected chi connectivity index (χ1v) is 10.5. The molecule has 2 aromatic carbocycles. The summed E-state index contributed by atoms with van der Waals surface area (Å²) in [5.74, 6) is 0.568. The highest BCUT2D eigenvalue weighted by molar-refractivity contribution is 14.1. The van der Waals surface area contributed by atoms with Crippen LogP contribution in [0.5, 0.6) is 5.75 Å². The molecule has 0 spiro atoms. The van der Waals surface area contributed by atoms with Crippen molar-refractivity contribution in [3.05, 3.63) is 67.6 Å². The van der Waals surface area contributed by atoms with E-state index in [0.717, 1.165) is 32.2 Å². The summed E-state index contributed by atoms with van der Waals surface area (Å²) in [6.07, 6.45) is 1.76. The number of halogens is 1. The number of aryl methyl sites for hydroxylation is 1. The van der Waals surface area contributed by atoms with E-state index in [4.69, 9.17) is 4.74 Å². The Hall–Kier alpha value is -1.80. The Morgan fingerprint density at radius 3 is 2.44 bits per heavy atom. The van der Waals surface area contributed by atoms with Crippen molar-refractivity contribution in [2.75, 3.05) is 0 Å². The van der Waals surface area contributed by atoms with Crippen LogP contribution in [0.25, 0.3) is 6.08 Å². The highest BCUT2D eigenvalue weighted by Gasteiger charge is 2.36. The Bertz CT molecular complexity index is 906. The molecule has 6 heteroatoms. The first-order chi connectivity index (χ1) is 12.8. The fourth-order valence-corrected chi connectivity index (χ4v) is 4.30. The number of ether oxygens (including phenoxy) is 1. The zero-order chi connectivity index (χ0) is 19.6. The summed E-state index contributed by atoms with van der Waals surface area (Å²) in [5, 5.41) is -0.214. The lowest BCUT2D eigenvalue weighted by atomic mass is 10.1. The maximum Gasteiger partial charge on any atom is 0.293 e. The molecule has 140 valence electrons. The molecule has 0 radical (unpaired) electrons. The molecule has 0 atom stereocenters. The quantitative estimate of drug-likeness (QED) is 0.401. The van der Waals surface area contributed by atoms with E-state index in [0.29, 0.717) is 11.5 Å². The fraction of sp³-hybridized carbons (Fsp3) is 0.238. The van der Waals surface area contributed by atoms with Crippen molar-refractivity contribution in [1.29, 1.82) is 0 Å². The molecule has 1 saturated heterocycles. The van der Waals surface area contributed by atoms with E-state index < -0.39 is 0 Å². The van der Waals surface area contributed by atoms with E-state index in [1.807, 2.05) is 32.0 Å². The Morgan fingerprint density at radius 2 is 1.85 bits per heavy atom. The van der Waals surface area contributed by atoms with Gasteiger partial charge >= 0.3 is 0 Å². The van der Waals surface area contributed by atoms with Gasteiger partial charge in [0.2, 0.25) is 0 Å². The molecule has 2 aromatic rings. The average molecular weight is 493 g/mol. The van der Waals surface area contributed by atoms with Gasteiger partial charge in [-0.1, -0.05) is 35.9 Å². The summed E-state index contributed by atoms with van der Waals surface area (Å²) in [7, 11) is 0. The third-order valence-corrected chi connectivity index (χ3v) is 5.84. The van der Waals surface area contributed by atoms with Crippen LogP contribution >= 0.6 is 34.4 Å². The number of hydrogen-bond donors (Lipinski definition) is 0. The van der Waals surface area contributed by atoms with E-state index in [-0.39, 0.29) is 17.2 Å². The number of rotatable bonds is 5. The SMILES string of the molecule is Cc1ccc(COc2ccc(/C=C3/SC(=O)N(C(C)C)C3=O)cc2I)cc1. The summed E-state index contributed by atoms with van der Waals surface area (Å²) in [6, 6.07) is 13.9. The van der Waals surface area contributed by atoms with Crippen molar-refractivity contribution in [2.24, 2.45) is 0 Å². The minimum atomic E-state index is -0.227. The molecule has 0 saturated carbocycles. The van der Waals surface area contributed by atoms with Crippen LogP contribution in [0.2, 0.25) is 0 Å². The van der Waals surface area contributed by atoms with Crippen LogP contribution in [0.4, 0.5) is 4.79 Å². The van der Waals surface area contributed by atoms with Gasteiger partial charge in [-0.15, -0.1) is 0 Å². The van der Waals surface area contributed by atoms with E-state index in [2.05, 4.69) is 53.8 Å². The second-order valence-corrected chi connectivity index (χ2v) is 8.76. The number of carbonyl (C=O) groups is 2. The Kier molecular flexibility index (Phi) is 6.26. The van der Waals surface area contributed by atoms with Crippen molar-refractivity contribution in [2.45, 2.75) is 33.4 Å². The highest BCUT2D eigenvalue weighted by Crippen LogP contribution is 2.34. The second kappa shape index (κ2) is 8.48. The molecule has 27 heavy (non-hydrogen) atoms. The molecule has 1 fully saturated rings. The fourth-order valence-electron chi connectivity index (χ4n) is 2.65. The van der Waals surface area contributed by atoms with Gasteiger partial charge in [0.1, 0.15) is 12.4 Å². The van der Waals surface area contributed by atoms with Crippen molar-refractivity contribution in [1.82, 2.24) is 4.90 Å². The average Bonchev–Trinajstić information content (AvgIpc) is 2.89. The number of imide groups is 1. The predicted octanol–water partition coefficient (Wildman–Crippen LogP) is 5.62. The van der Waals surface area contributed by atoms with Crippen molar-refractivity contribution < 1.29 is 14.3 Å². The van der Waals surface area contributed by atoms with Gasteiger partial charge in [0.15, 0.2) is 0 Å². The van der Waals surface area contributed by atoms with Gasteiger partial charge in [-0.05, 0) is 84.5 Å². The predicted molar refractivity (Wildman–Crippen MR) is 118 cm³/mol. The molecule has 0 unspecified atom stereocenters. The van der Waals surface area contributed by atoms with E-state index in [1.165, 1.54) is 10.5 Å². The minimum Gasteiger partial charge on any atom is -0.488 e. The molecule has 0 N–H and O–H groups in total. The van der Waals surface area contributed by atoms with E-state index in [1.54, 1.807) is 6.08 Å². The Labute approximate surface area is 177 Å². The van der Waals surface area contributed by atoms with Gasteiger partial charge in [0, 0.05) is 6.04 Å². The summed E-state index contributed by atoms with van der Waals surface area (Å²) >= 11 is 3.21. The first kappa shape index (κ1) is 19.9. The lowest BCUT2D eigenvalue weighted by molar-refractivity contribution is -0.123. The van der Waals surface area contributed by atoms with Crippen molar-refractivity contribution in [3.8, 4) is 5.75 Å². The number of nitrogens with zero attached hydrogens (tertiary/aromatic N) is 1. The normalized spacial score (nSPS) is 15.9. The van der Waals surface area contributed by atoms with Crippen molar-refractivity contribution >= 4 is 51.6 Å². The van der Waals surface area contributed by atoms with Crippen LogP contribution in [-0.2, 0) is 11.4 Å². The van der Waals surface area contributed by atoms with Gasteiger partial charge in [-0.2, -0.15) is 0 Å². The molecule has 0 bridgehead atoms. The van der Waals surface area contributed by atoms with Crippen LogP contribution in [0.1, 0.15) is 30.5 Å². The lowest BCUT2D eigenvalue weighted by Crippen LogP contribution is -2.34. The highest BCUT2D eigenvalue weighted by atomic mass is 127. The maximum absolute atomic E-state index is 12.4. The Morgan fingerprint density at radius 1 is 1.15 bits per heavy atom. The molecule has 2 amide bonds. The molecule has 3 rings (SSSR count). The van der Waals surface area contributed by atoms with Gasteiger partial charge in [-0.25, -0.2) is 0 Å². The van der Waals surface area contributed by atoms with Gasteiger partial charge in [0.05, 0.1) is 8.48 Å². The minimum absolute atomic E-state index is 0.138. The maximum atomic E-state index is 12.4. The first-order valence-electron chi connectivity index (χ1n) is 8.60. The number of amides is 2. The number of thioether (sulfide) groups is 1. The third-order valence-electron chi connectivity index (χ3n) is 4.11. The van der Waals surface area contributed by atoms with Crippen LogP contribution < -0.4 is 4.74 Å². The van der Waals surface area contributed by atoms with E-state index >= 15 is 0 Å². The Balaban J connectivity index is 1.72. The number of hydrogen-bond acceptors (Lipinski definition) is 4. The van der Waals surface area contributed by atoms with Crippen LogP contribution in [0.15, 0.2) is 47.4 Å². The zero-order valence-corrected chi connectivity index (χ0v) is 18.3. The summed E-state index contributed by atoms with van der Waals surface area (Å²) in [6.45, 7) is 6.23. The van der Waals surface area contributed by atoms with Gasteiger partial charge in [0.25, 0.3) is 11.1 Å².